The molecule has 7 nitrogen and oxygen atoms in total. The van der Waals surface area contributed by atoms with Gasteiger partial charge in [0.15, 0.2) is 0 Å². The molecule has 0 aliphatic rings. The highest BCUT2D eigenvalue weighted by Crippen LogP contribution is 2.23. The first kappa shape index (κ1) is 13.1. The molecule has 2 rings (SSSR count). The molecule has 0 aliphatic carbocycles. The summed E-state index contributed by atoms with van der Waals surface area (Å²) >= 11 is 0.984. The van der Waals surface area contributed by atoms with E-state index >= 15 is 0 Å². The number of amides is 1. The van der Waals surface area contributed by atoms with E-state index in [1.54, 1.807) is 26.0 Å². The molecule has 1 aromatic carbocycles. The lowest BCUT2D eigenvalue weighted by Gasteiger charge is -2.04. The van der Waals surface area contributed by atoms with Gasteiger partial charge in [-0.3, -0.25) is 14.9 Å². The van der Waals surface area contributed by atoms with Crippen molar-refractivity contribution < 1.29 is 9.72 Å². The van der Waals surface area contributed by atoms with Gasteiger partial charge < -0.3 is 5.32 Å². The lowest BCUT2D eigenvalue weighted by atomic mass is 10.2. The Morgan fingerprint density at radius 2 is 2.16 bits per heavy atom. The molecule has 0 fully saturated rings. The predicted octanol–water partition coefficient (Wildman–Crippen LogP) is 2.32. The third-order valence-corrected chi connectivity index (χ3v) is 3.35. The first-order valence-electron chi connectivity index (χ1n) is 5.34. The van der Waals surface area contributed by atoms with Crippen molar-refractivity contribution in [3.63, 3.8) is 0 Å². The summed E-state index contributed by atoms with van der Waals surface area (Å²) in [6.45, 7) is 3.32. The highest BCUT2D eigenvalue weighted by molar-refractivity contribution is 7.08. The monoisotopic (exact) mass is 278 g/mol. The van der Waals surface area contributed by atoms with Crippen molar-refractivity contribution in [1.29, 1.82) is 0 Å². The minimum Gasteiger partial charge on any atom is -0.321 e. The summed E-state index contributed by atoms with van der Waals surface area (Å²) in [6.07, 6.45) is 0. The molecular formula is C11H10N4O3S. The molecule has 19 heavy (non-hydrogen) atoms. The van der Waals surface area contributed by atoms with Gasteiger partial charge in [0, 0.05) is 17.3 Å². The standard InChI is InChI=1S/C11H10N4O3S/c1-6-3-4-8(5-9(6)15(17)18)12-11(16)10-7(2)13-14-19-10/h3-5H,1-2H3,(H,12,16). The van der Waals surface area contributed by atoms with Crippen LogP contribution >= 0.6 is 11.5 Å². The minimum atomic E-state index is -0.482. The predicted molar refractivity (Wildman–Crippen MR) is 70.4 cm³/mol. The van der Waals surface area contributed by atoms with Crippen LogP contribution in [0.25, 0.3) is 0 Å². The van der Waals surface area contributed by atoms with Gasteiger partial charge >= 0.3 is 0 Å². The fourth-order valence-electron chi connectivity index (χ4n) is 1.51. The van der Waals surface area contributed by atoms with Crippen molar-refractivity contribution in [3.8, 4) is 0 Å². The van der Waals surface area contributed by atoms with E-state index < -0.39 is 4.92 Å². The number of hydrogen-bond acceptors (Lipinski definition) is 6. The number of nitro groups is 1. The van der Waals surface area contributed by atoms with Crippen molar-refractivity contribution >= 4 is 28.8 Å². The van der Waals surface area contributed by atoms with Gasteiger partial charge in [-0.05, 0) is 31.4 Å². The third-order valence-electron chi connectivity index (χ3n) is 2.52. The molecule has 1 heterocycles. The highest BCUT2D eigenvalue weighted by atomic mass is 32.1. The van der Waals surface area contributed by atoms with Crippen LogP contribution in [0.4, 0.5) is 11.4 Å². The number of nitro benzene ring substituents is 1. The van der Waals surface area contributed by atoms with E-state index in [0.29, 0.717) is 21.8 Å². The first-order valence-corrected chi connectivity index (χ1v) is 6.11. The molecule has 1 N–H and O–H groups in total. The van der Waals surface area contributed by atoms with Crippen LogP contribution in [0.15, 0.2) is 18.2 Å². The number of benzene rings is 1. The zero-order valence-corrected chi connectivity index (χ0v) is 11.0. The third kappa shape index (κ3) is 2.74. The van der Waals surface area contributed by atoms with Gasteiger partial charge in [0.1, 0.15) is 4.88 Å². The molecule has 0 atom stereocenters. The van der Waals surface area contributed by atoms with Crippen molar-refractivity contribution in [2.75, 3.05) is 5.32 Å². The molecule has 0 saturated heterocycles. The lowest BCUT2D eigenvalue weighted by Crippen LogP contribution is -2.11. The fraction of sp³-hybridized carbons (Fsp3) is 0.182. The number of anilines is 1. The maximum absolute atomic E-state index is 11.9. The topological polar surface area (TPSA) is 98.0 Å². The van der Waals surface area contributed by atoms with Gasteiger partial charge in [0.25, 0.3) is 11.6 Å². The zero-order chi connectivity index (χ0) is 14.0. The van der Waals surface area contributed by atoms with E-state index in [1.165, 1.54) is 6.07 Å². The largest absolute Gasteiger partial charge is 0.321 e. The van der Waals surface area contributed by atoms with Crippen molar-refractivity contribution in [2.45, 2.75) is 13.8 Å². The minimum absolute atomic E-state index is 0.0306. The summed E-state index contributed by atoms with van der Waals surface area (Å²) in [4.78, 5) is 22.6. The molecule has 2 aromatic rings. The normalized spacial score (nSPS) is 10.2. The summed E-state index contributed by atoms with van der Waals surface area (Å²) in [5, 5.41) is 17.2. The number of nitrogens with one attached hydrogen (secondary N) is 1. The van der Waals surface area contributed by atoms with Crippen LogP contribution in [0.1, 0.15) is 20.9 Å². The van der Waals surface area contributed by atoms with Crippen LogP contribution < -0.4 is 5.32 Å². The van der Waals surface area contributed by atoms with E-state index in [0.717, 1.165) is 11.5 Å². The molecule has 0 spiro atoms. The second-order valence-corrected chi connectivity index (χ2v) is 4.65. The Morgan fingerprint density at radius 1 is 1.42 bits per heavy atom. The van der Waals surface area contributed by atoms with Crippen LogP contribution in [0, 0.1) is 24.0 Å². The maximum Gasteiger partial charge on any atom is 0.274 e. The van der Waals surface area contributed by atoms with Crippen molar-refractivity contribution in [3.05, 3.63) is 44.4 Å². The zero-order valence-electron chi connectivity index (χ0n) is 10.2. The molecule has 0 aliphatic heterocycles. The van der Waals surface area contributed by atoms with E-state index in [2.05, 4.69) is 14.9 Å². The molecule has 1 aromatic heterocycles. The number of carbonyl (C=O) groups excluding carboxylic acids is 1. The Labute approximate surface area is 112 Å². The number of hydrogen-bond donors (Lipinski definition) is 1. The average Bonchev–Trinajstić information content (AvgIpc) is 2.77. The lowest BCUT2D eigenvalue weighted by molar-refractivity contribution is -0.385. The quantitative estimate of drug-likeness (QED) is 0.686. The van der Waals surface area contributed by atoms with Crippen LogP contribution in [0.2, 0.25) is 0 Å². The summed E-state index contributed by atoms with van der Waals surface area (Å²) in [7, 11) is 0. The summed E-state index contributed by atoms with van der Waals surface area (Å²) in [6, 6.07) is 4.53. The van der Waals surface area contributed by atoms with Crippen LogP contribution in [0.5, 0.6) is 0 Å². The average molecular weight is 278 g/mol. The Morgan fingerprint density at radius 3 is 2.74 bits per heavy atom. The van der Waals surface area contributed by atoms with Gasteiger partial charge in [0.2, 0.25) is 0 Å². The second-order valence-electron chi connectivity index (χ2n) is 3.90. The molecule has 0 bridgehead atoms. The molecule has 0 radical (unpaired) electrons. The number of rotatable bonds is 3. The summed E-state index contributed by atoms with van der Waals surface area (Å²) in [5.41, 5.74) is 1.41. The molecular weight excluding hydrogens is 268 g/mol. The molecule has 98 valence electrons. The number of aryl methyl sites for hydroxylation is 2. The van der Waals surface area contributed by atoms with Crippen LogP contribution in [-0.2, 0) is 0 Å². The van der Waals surface area contributed by atoms with Gasteiger partial charge in [0.05, 0.1) is 10.6 Å². The van der Waals surface area contributed by atoms with E-state index in [9.17, 15) is 14.9 Å². The van der Waals surface area contributed by atoms with E-state index in [1.807, 2.05) is 0 Å². The van der Waals surface area contributed by atoms with Crippen molar-refractivity contribution in [1.82, 2.24) is 9.59 Å². The number of carbonyl (C=O) groups is 1. The Kier molecular flexibility index (Phi) is 3.52. The fourth-order valence-corrected chi connectivity index (χ4v) is 2.06. The number of nitrogens with zero attached hydrogens (tertiary/aromatic N) is 3. The first-order chi connectivity index (χ1) is 8.99. The van der Waals surface area contributed by atoms with Gasteiger partial charge in [-0.2, -0.15) is 0 Å². The van der Waals surface area contributed by atoms with Crippen molar-refractivity contribution in [2.24, 2.45) is 0 Å². The molecule has 8 heteroatoms. The van der Waals surface area contributed by atoms with Gasteiger partial charge in [-0.1, -0.05) is 10.6 Å². The van der Waals surface area contributed by atoms with E-state index in [4.69, 9.17) is 0 Å². The van der Waals surface area contributed by atoms with Crippen LogP contribution in [0.3, 0.4) is 0 Å². The Balaban J connectivity index is 2.25. The smallest absolute Gasteiger partial charge is 0.274 e. The molecule has 0 saturated carbocycles. The van der Waals surface area contributed by atoms with Gasteiger partial charge in [-0.15, -0.1) is 5.10 Å². The molecule has 0 unspecified atom stereocenters. The van der Waals surface area contributed by atoms with Crippen LogP contribution in [-0.4, -0.2) is 20.4 Å². The summed E-state index contributed by atoms with van der Waals surface area (Å²) < 4.78 is 3.67. The summed E-state index contributed by atoms with van der Waals surface area (Å²) in [5.74, 6) is -0.370. The SMILES string of the molecule is Cc1ccc(NC(=O)c2snnc2C)cc1[N+](=O)[O-]. The number of aromatic nitrogens is 2. The Bertz CT molecular complexity index is 653. The molecule has 1 amide bonds. The maximum atomic E-state index is 11.9. The Hall–Kier alpha value is -2.35. The second kappa shape index (κ2) is 5.11. The highest BCUT2D eigenvalue weighted by Gasteiger charge is 2.16. The van der Waals surface area contributed by atoms with E-state index in [-0.39, 0.29) is 11.6 Å². The van der Waals surface area contributed by atoms with Gasteiger partial charge in [-0.25, -0.2) is 0 Å².